The molecule has 1 aromatic heterocycles. The third-order valence-corrected chi connectivity index (χ3v) is 6.92. The highest BCUT2D eigenvalue weighted by molar-refractivity contribution is 5.65. The molecule has 3 fully saturated rings. The van der Waals surface area contributed by atoms with Gasteiger partial charge in [-0.15, -0.1) is 0 Å². The number of likely N-dealkylation sites (tertiary alicyclic amines) is 2. The highest BCUT2D eigenvalue weighted by atomic mass is 16.4. The number of aromatic nitrogens is 2. The van der Waals surface area contributed by atoms with Crippen molar-refractivity contribution in [2.45, 2.75) is 51.0 Å². The molecule has 6 nitrogen and oxygen atoms in total. The van der Waals surface area contributed by atoms with Gasteiger partial charge in [0.2, 0.25) is 0 Å². The van der Waals surface area contributed by atoms with E-state index < -0.39 is 6.09 Å². The number of rotatable bonds is 3. The highest BCUT2D eigenvalue weighted by Gasteiger charge is 2.57. The second-order valence-electron chi connectivity index (χ2n) is 7.92. The molecule has 3 unspecified atom stereocenters. The van der Waals surface area contributed by atoms with Crippen LogP contribution in [-0.2, 0) is 0 Å². The Hall–Kier alpha value is -1.56. The van der Waals surface area contributed by atoms with Crippen LogP contribution in [0.15, 0.2) is 12.3 Å². The molecule has 0 aromatic carbocycles. The van der Waals surface area contributed by atoms with Gasteiger partial charge in [-0.25, -0.2) is 4.79 Å². The lowest BCUT2D eigenvalue weighted by molar-refractivity contribution is -0.0776. The number of piperidine rings is 1. The van der Waals surface area contributed by atoms with Crippen molar-refractivity contribution in [1.29, 1.82) is 0 Å². The molecular weight excluding hydrogens is 304 g/mol. The van der Waals surface area contributed by atoms with Crippen molar-refractivity contribution in [3.63, 3.8) is 0 Å². The van der Waals surface area contributed by atoms with E-state index in [1.807, 2.05) is 6.20 Å². The third kappa shape index (κ3) is 2.51. The van der Waals surface area contributed by atoms with Gasteiger partial charge in [0.05, 0.1) is 0 Å². The first-order valence-corrected chi connectivity index (χ1v) is 9.34. The van der Waals surface area contributed by atoms with Gasteiger partial charge >= 0.3 is 6.09 Å². The van der Waals surface area contributed by atoms with Crippen molar-refractivity contribution < 1.29 is 9.90 Å². The summed E-state index contributed by atoms with van der Waals surface area (Å²) >= 11 is 0. The van der Waals surface area contributed by atoms with E-state index >= 15 is 0 Å². The lowest BCUT2D eigenvalue weighted by Gasteiger charge is -2.58. The van der Waals surface area contributed by atoms with Crippen molar-refractivity contribution in [3.8, 4) is 0 Å². The van der Waals surface area contributed by atoms with Gasteiger partial charge in [-0.1, -0.05) is 13.3 Å². The summed E-state index contributed by atoms with van der Waals surface area (Å²) in [6.45, 7) is 6.06. The van der Waals surface area contributed by atoms with E-state index in [0.29, 0.717) is 17.9 Å². The van der Waals surface area contributed by atoms with Crippen LogP contribution in [0.25, 0.3) is 0 Å². The zero-order valence-corrected chi connectivity index (χ0v) is 14.4. The first-order chi connectivity index (χ1) is 11.6. The average molecular weight is 332 g/mol. The standard InChI is InChI=1S/C18H28N4O2/c1-2-14-16(11-18(14)6-10-22(12-18)17(23)24)21-8-4-13(5-9-21)15-3-7-19-20-15/h3,7,13-14,16H,2,4-6,8-12H2,1H3,(H,19,20)(H,23,24). The van der Waals surface area contributed by atoms with Crippen LogP contribution >= 0.6 is 0 Å². The van der Waals surface area contributed by atoms with Gasteiger partial charge in [-0.3, -0.25) is 5.10 Å². The van der Waals surface area contributed by atoms with Gasteiger partial charge in [-0.05, 0) is 56.2 Å². The predicted octanol–water partition coefficient (Wildman–Crippen LogP) is 2.76. The number of nitrogens with zero attached hydrogens (tertiary/aromatic N) is 3. The second kappa shape index (κ2) is 6.06. The smallest absolute Gasteiger partial charge is 0.407 e. The normalized spacial score (nSPS) is 34.6. The van der Waals surface area contributed by atoms with Crippen LogP contribution in [0.1, 0.15) is 50.6 Å². The molecule has 2 N–H and O–H groups in total. The van der Waals surface area contributed by atoms with Crippen molar-refractivity contribution in [2.75, 3.05) is 26.2 Å². The molecule has 3 aliphatic rings. The van der Waals surface area contributed by atoms with Crippen LogP contribution < -0.4 is 0 Å². The first-order valence-electron chi connectivity index (χ1n) is 9.34. The zero-order chi connectivity index (χ0) is 16.7. The van der Waals surface area contributed by atoms with E-state index in [-0.39, 0.29) is 5.41 Å². The van der Waals surface area contributed by atoms with Crippen LogP contribution in [0.3, 0.4) is 0 Å². The minimum atomic E-state index is -0.745. The lowest BCUT2D eigenvalue weighted by Crippen LogP contribution is -2.61. The summed E-state index contributed by atoms with van der Waals surface area (Å²) in [7, 11) is 0. The first kappa shape index (κ1) is 15.9. The molecule has 2 saturated heterocycles. The zero-order valence-electron chi connectivity index (χ0n) is 14.4. The van der Waals surface area contributed by atoms with Crippen LogP contribution in [0.5, 0.6) is 0 Å². The Morgan fingerprint density at radius 1 is 1.42 bits per heavy atom. The molecule has 3 heterocycles. The molecule has 3 atom stereocenters. The van der Waals surface area contributed by atoms with Gasteiger partial charge in [0.25, 0.3) is 0 Å². The Kier molecular flexibility index (Phi) is 4.03. The molecule has 24 heavy (non-hydrogen) atoms. The third-order valence-electron chi connectivity index (χ3n) is 6.92. The minimum absolute atomic E-state index is 0.262. The largest absolute Gasteiger partial charge is 0.465 e. The quantitative estimate of drug-likeness (QED) is 0.893. The van der Waals surface area contributed by atoms with Gasteiger partial charge in [-0.2, -0.15) is 5.10 Å². The lowest BCUT2D eigenvalue weighted by atomic mass is 9.54. The monoisotopic (exact) mass is 332 g/mol. The molecule has 1 spiro atoms. The molecule has 1 aromatic rings. The molecule has 6 heteroatoms. The molecular formula is C18H28N4O2. The fraction of sp³-hybridized carbons (Fsp3) is 0.778. The number of amides is 1. The van der Waals surface area contributed by atoms with Crippen LogP contribution in [0.2, 0.25) is 0 Å². The van der Waals surface area contributed by atoms with Crippen molar-refractivity contribution in [3.05, 3.63) is 18.0 Å². The number of hydrogen-bond donors (Lipinski definition) is 2. The van der Waals surface area contributed by atoms with Gasteiger partial charge in [0.15, 0.2) is 0 Å². The fourth-order valence-electron chi connectivity index (χ4n) is 5.61. The second-order valence-corrected chi connectivity index (χ2v) is 7.92. The number of nitrogens with one attached hydrogen (secondary N) is 1. The van der Waals surface area contributed by atoms with Crippen LogP contribution in [0, 0.1) is 11.3 Å². The van der Waals surface area contributed by atoms with E-state index in [4.69, 9.17) is 0 Å². The summed E-state index contributed by atoms with van der Waals surface area (Å²) in [4.78, 5) is 15.6. The minimum Gasteiger partial charge on any atom is -0.465 e. The fourth-order valence-corrected chi connectivity index (χ4v) is 5.61. The number of hydrogen-bond acceptors (Lipinski definition) is 3. The Balaban J connectivity index is 1.36. The number of aromatic amines is 1. The molecule has 132 valence electrons. The average Bonchev–Trinajstić information content (AvgIpc) is 3.24. The molecule has 0 radical (unpaired) electrons. The number of carboxylic acid groups (broad SMARTS) is 1. The molecule has 0 bridgehead atoms. The topological polar surface area (TPSA) is 72.5 Å². The molecule has 1 aliphatic carbocycles. The molecule has 4 rings (SSSR count). The van der Waals surface area contributed by atoms with E-state index in [9.17, 15) is 9.90 Å². The predicted molar refractivity (Wildman–Crippen MR) is 91.0 cm³/mol. The summed E-state index contributed by atoms with van der Waals surface area (Å²) in [5.74, 6) is 1.28. The van der Waals surface area contributed by atoms with Gasteiger partial charge in [0, 0.05) is 36.9 Å². The van der Waals surface area contributed by atoms with E-state index in [1.54, 1.807) is 4.90 Å². The number of carbonyl (C=O) groups is 1. The Labute approximate surface area is 143 Å². The summed E-state index contributed by atoms with van der Waals surface area (Å²) in [6.07, 6.45) is 6.90. The van der Waals surface area contributed by atoms with Crippen molar-refractivity contribution in [1.82, 2.24) is 20.0 Å². The van der Waals surface area contributed by atoms with Crippen molar-refractivity contribution in [2.24, 2.45) is 11.3 Å². The van der Waals surface area contributed by atoms with Gasteiger partial charge < -0.3 is 14.9 Å². The Bertz CT molecular complexity index is 582. The van der Waals surface area contributed by atoms with Gasteiger partial charge in [0.1, 0.15) is 0 Å². The maximum absolute atomic E-state index is 11.3. The maximum Gasteiger partial charge on any atom is 0.407 e. The summed E-state index contributed by atoms with van der Waals surface area (Å²) in [6, 6.07) is 2.76. The molecule has 1 saturated carbocycles. The highest BCUT2D eigenvalue weighted by Crippen LogP contribution is 2.56. The summed E-state index contributed by atoms with van der Waals surface area (Å²) < 4.78 is 0. The molecule has 2 aliphatic heterocycles. The SMILES string of the molecule is CCC1C(N2CCC(c3ccn[nH]3)CC2)CC12CCN(C(=O)O)C2. The Morgan fingerprint density at radius 3 is 2.79 bits per heavy atom. The van der Waals surface area contributed by atoms with E-state index in [2.05, 4.69) is 28.1 Å². The van der Waals surface area contributed by atoms with Crippen LogP contribution in [-0.4, -0.2) is 63.4 Å². The van der Waals surface area contributed by atoms with E-state index in [0.717, 1.165) is 32.6 Å². The van der Waals surface area contributed by atoms with Crippen LogP contribution in [0.4, 0.5) is 4.79 Å². The Morgan fingerprint density at radius 2 is 2.21 bits per heavy atom. The molecule has 1 amide bonds. The summed E-state index contributed by atoms with van der Waals surface area (Å²) in [5, 5.41) is 16.5. The summed E-state index contributed by atoms with van der Waals surface area (Å²) in [5.41, 5.74) is 1.54. The van der Waals surface area contributed by atoms with Crippen molar-refractivity contribution >= 4 is 6.09 Å². The van der Waals surface area contributed by atoms with E-state index in [1.165, 1.54) is 31.4 Å². The number of H-pyrrole nitrogens is 1. The maximum atomic E-state index is 11.3.